The van der Waals surface area contributed by atoms with Crippen LogP contribution in [0, 0.1) is 13.8 Å². The van der Waals surface area contributed by atoms with Crippen LogP contribution in [0.3, 0.4) is 0 Å². The number of aryl methyl sites for hydroxylation is 2. The Morgan fingerprint density at radius 3 is 2.74 bits per heavy atom. The second kappa shape index (κ2) is 5.51. The van der Waals surface area contributed by atoms with Crippen LogP contribution in [0.4, 0.5) is 5.69 Å². The number of rotatable bonds is 3. The van der Waals surface area contributed by atoms with Crippen LogP contribution in [0.25, 0.3) is 0 Å². The molecule has 0 aliphatic carbocycles. The van der Waals surface area contributed by atoms with E-state index in [1.54, 1.807) is 0 Å². The van der Waals surface area contributed by atoms with Crippen molar-refractivity contribution in [2.75, 3.05) is 24.6 Å². The Balaban J connectivity index is 2.27. The number of anilines is 1. The minimum atomic E-state index is 0.103. The van der Waals surface area contributed by atoms with Gasteiger partial charge in [0.05, 0.1) is 0 Å². The van der Waals surface area contributed by atoms with Crippen molar-refractivity contribution in [1.82, 2.24) is 5.32 Å². The van der Waals surface area contributed by atoms with Crippen LogP contribution in [0.5, 0.6) is 0 Å². The van der Waals surface area contributed by atoms with E-state index in [1.807, 2.05) is 0 Å². The van der Waals surface area contributed by atoms with Gasteiger partial charge in [0.25, 0.3) is 0 Å². The molecule has 3 heteroatoms. The van der Waals surface area contributed by atoms with Crippen LogP contribution in [-0.2, 0) is 0 Å². The van der Waals surface area contributed by atoms with Crippen molar-refractivity contribution in [3.05, 3.63) is 29.3 Å². The second-order valence-electron chi connectivity index (χ2n) is 6.30. The summed E-state index contributed by atoms with van der Waals surface area (Å²) in [6, 6.07) is 7.03. The molecule has 1 aliphatic rings. The predicted octanol–water partition coefficient (Wildman–Crippen LogP) is 2.24. The number of hydrogen-bond acceptors (Lipinski definition) is 3. The first-order valence-electron chi connectivity index (χ1n) is 7.13. The Labute approximate surface area is 116 Å². The lowest BCUT2D eigenvalue weighted by Gasteiger charge is -2.48. The maximum absolute atomic E-state index is 9.14. The summed E-state index contributed by atoms with van der Waals surface area (Å²) < 4.78 is 0. The molecule has 0 aromatic heterocycles. The van der Waals surface area contributed by atoms with E-state index in [0.29, 0.717) is 6.04 Å². The molecule has 1 aliphatic heterocycles. The van der Waals surface area contributed by atoms with Crippen LogP contribution in [-0.4, -0.2) is 36.4 Å². The molecule has 0 bridgehead atoms. The maximum atomic E-state index is 9.14. The van der Waals surface area contributed by atoms with E-state index in [-0.39, 0.29) is 12.1 Å². The molecule has 19 heavy (non-hydrogen) atoms. The summed E-state index contributed by atoms with van der Waals surface area (Å²) in [5, 5.41) is 12.7. The van der Waals surface area contributed by atoms with Crippen molar-refractivity contribution in [2.24, 2.45) is 0 Å². The molecule has 106 valence electrons. The van der Waals surface area contributed by atoms with Crippen LogP contribution in [0.15, 0.2) is 18.2 Å². The molecule has 1 saturated heterocycles. The SMILES string of the molecule is Cc1ccc(N2CC(CCO)NCC2(C)C)c(C)c1. The normalized spacial score (nSPS) is 22.6. The largest absolute Gasteiger partial charge is 0.396 e. The van der Waals surface area contributed by atoms with Gasteiger partial charge in [-0.25, -0.2) is 0 Å². The zero-order valence-corrected chi connectivity index (χ0v) is 12.5. The smallest absolute Gasteiger partial charge is 0.0471 e. The number of benzene rings is 1. The first kappa shape index (κ1) is 14.4. The predicted molar refractivity (Wildman–Crippen MR) is 80.8 cm³/mol. The van der Waals surface area contributed by atoms with E-state index in [0.717, 1.165) is 19.5 Å². The number of nitrogens with one attached hydrogen (secondary N) is 1. The van der Waals surface area contributed by atoms with E-state index in [2.05, 4.69) is 56.1 Å². The fraction of sp³-hybridized carbons (Fsp3) is 0.625. The summed E-state index contributed by atoms with van der Waals surface area (Å²) in [7, 11) is 0. The van der Waals surface area contributed by atoms with E-state index in [1.165, 1.54) is 16.8 Å². The van der Waals surface area contributed by atoms with Crippen LogP contribution in [0.1, 0.15) is 31.4 Å². The van der Waals surface area contributed by atoms with Crippen molar-refractivity contribution in [2.45, 2.75) is 45.7 Å². The number of nitrogens with zero attached hydrogens (tertiary/aromatic N) is 1. The lowest BCUT2D eigenvalue weighted by Crippen LogP contribution is -2.62. The van der Waals surface area contributed by atoms with Crippen molar-refractivity contribution in [3.63, 3.8) is 0 Å². The molecule has 0 amide bonds. The summed E-state index contributed by atoms with van der Waals surface area (Å²) in [6.45, 7) is 11.0. The monoisotopic (exact) mass is 262 g/mol. The molecule has 1 fully saturated rings. The zero-order chi connectivity index (χ0) is 14.0. The van der Waals surface area contributed by atoms with Gasteiger partial charge in [0.1, 0.15) is 0 Å². The fourth-order valence-electron chi connectivity index (χ4n) is 2.90. The molecule has 3 nitrogen and oxygen atoms in total. The van der Waals surface area contributed by atoms with Gasteiger partial charge in [-0.1, -0.05) is 17.7 Å². The number of hydrogen-bond donors (Lipinski definition) is 2. The summed E-state index contributed by atoms with van der Waals surface area (Å²) in [4.78, 5) is 2.48. The highest BCUT2D eigenvalue weighted by atomic mass is 16.3. The van der Waals surface area contributed by atoms with Crippen LogP contribution >= 0.6 is 0 Å². The molecule has 1 aromatic carbocycles. The van der Waals surface area contributed by atoms with Crippen molar-refractivity contribution >= 4 is 5.69 Å². The summed E-state index contributed by atoms with van der Waals surface area (Å²) in [6.07, 6.45) is 0.817. The molecular weight excluding hydrogens is 236 g/mol. The Morgan fingerprint density at radius 2 is 2.11 bits per heavy atom. The third kappa shape index (κ3) is 3.10. The van der Waals surface area contributed by atoms with Crippen LogP contribution < -0.4 is 10.2 Å². The first-order chi connectivity index (χ1) is 8.94. The quantitative estimate of drug-likeness (QED) is 0.877. The Kier molecular flexibility index (Phi) is 4.16. The minimum Gasteiger partial charge on any atom is -0.396 e. The average Bonchev–Trinajstić information content (AvgIpc) is 2.32. The minimum absolute atomic E-state index is 0.103. The molecule has 1 aromatic rings. The average molecular weight is 262 g/mol. The van der Waals surface area contributed by atoms with E-state index in [9.17, 15) is 0 Å². The molecule has 1 atom stereocenters. The number of aliphatic hydroxyl groups excluding tert-OH is 1. The van der Waals surface area contributed by atoms with Gasteiger partial charge >= 0.3 is 0 Å². The van der Waals surface area contributed by atoms with E-state index in [4.69, 9.17) is 5.11 Å². The Morgan fingerprint density at radius 1 is 1.37 bits per heavy atom. The maximum Gasteiger partial charge on any atom is 0.0471 e. The van der Waals surface area contributed by atoms with Gasteiger partial charge in [-0.3, -0.25) is 0 Å². The molecule has 2 rings (SSSR count). The van der Waals surface area contributed by atoms with Crippen molar-refractivity contribution in [1.29, 1.82) is 0 Å². The summed E-state index contributed by atoms with van der Waals surface area (Å²) in [5.41, 5.74) is 4.06. The lowest BCUT2D eigenvalue weighted by molar-refractivity contribution is 0.239. The van der Waals surface area contributed by atoms with Gasteiger partial charge in [0, 0.05) is 37.0 Å². The second-order valence-corrected chi connectivity index (χ2v) is 6.30. The topological polar surface area (TPSA) is 35.5 Å². The number of aliphatic hydroxyl groups is 1. The highest BCUT2D eigenvalue weighted by molar-refractivity contribution is 5.57. The Hall–Kier alpha value is -1.06. The van der Waals surface area contributed by atoms with Gasteiger partial charge in [-0.05, 0) is 45.7 Å². The first-order valence-corrected chi connectivity index (χ1v) is 7.13. The molecular formula is C16H26N2O. The molecule has 0 spiro atoms. The van der Waals surface area contributed by atoms with Gasteiger partial charge < -0.3 is 15.3 Å². The highest BCUT2D eigenvalue weighted by Crippen LogP contribution is 2.30. The zero-order valence-electron chi connectivity index (χ0n) is 12.5. The molecule has 1 heterocycles. The standard InChI is InChI=1S/C16H26N2O/c1-12-5-6-15(13(2)9-12)18-10-14(7-8-19)17-11-16(18,3)4/h5-6,9,14,17,19H,7-8,10-11H2,1-4H3. The third-order valence-electron chi connectivity index (χ3n) is 4.08. The van der Waals surface area contributed by atoms with Gasteiger partial charge in [-0.15, -0.1) is 0 Å². The van der Waals surface area contributed by atoms with E-state index < -0.39 is 0 Å². The van der Waals surface area contributed by atoms with E-state index >= 15 is 0 Å². The molecule has 2 N–H and O–H groups in total. The molecule has 0 saturated carbocycles. The number of piperazine rings is 1. The fourth-order valence-corrected chi connectivity index (χ4v) is 2.90. The Bertz CT molecular complexity index is 442. The van der Waals surface area contributed by atoms with Crippen molar-refractivity contribution < 1.29 is 5.11 Å². The van der Waals surface area contributed by atoms with Gasteiger partial charge in [-0.2, -0.15) is 0 Å². The molecule has 1 unspecified atom stereocenters. The van der Waals surface area contributed by atoms with Crippen molar-refractivity contribution in [3.8, 4) is 0 Å². The summed E-state index contributed by atoms with van der Waals surface area (Å²) in [5.74, 6) is 0. The molecule has 0 radical (unpaired) electrons. The van der Waals surface area contributed by atoms with Gasteiger partial charge in [0.15, 0.2) is 0 Å². The third-order valence-corrected chi connectivity index (χ3v) is 4.08. The van der Waals surface area contributed by atoms with Crippen LogP contribution in [0.2, 0.25) is 0 Å². The summed E-state index contributed by atoms with van der Waals surface area (Å²) >= 11 is 0. The highest BCUT2D eigenvalue weighted by Gasteiger charge is 2.34. The lowest BCUT2D eigenvalue weighted by atomic mass is 9.94. The van der Waals surface area contributed by atoms with Gasteiger partial charge in [0.2, 0.25) is 0 Å².